The van der Waals surface area contributed by atoms with Gasteiger partial charge in [-0.1, -0.05) is 44.6 Å². The van der Waals surface area contributed by atoms with Gasteiger partial charge >= 0.3 is 0 Å². The molecule has 0 spiro atoms. The van der Waals surface area contributed by atoms with E-state index >= 15 is 0 Å². The summed E-state index contributed by atoms with van der Waals surface area (Å²) in [4.78, 5) is 0. The Morgan fingerprint density at radius 3 is 2.57 bits per heavy atom. The first-order valence-electron chi connectivity index (χ1n) is 8.17. The van der Waals surface area contributed by atoms with Crippen LogP contribution in [-0.2, 0) is 5.41 Å². The number of hydrogen-bond donors (Lipinski definition) is 0. The van der Waals surface area contributed by atoms with Crippen molar-refractivity contribution in [3.8, 4) is 5.75 Å². The summed E-state index contributed by atoms with van der Waals surface area (Å²) < 4.78 is 6.43. The van der Waals surface area contributed by atoms with Crippen molar-refractivity contribution >= 4 is 0 Å². The van der Waals surface area contributed by atoms with Crippen molar-refractivity contribution in [2.24, 2.45) is 5.92 Å². The van der Waals surface area contributed by atoms with E-state index in [1.54, 1.807) is 0 Å². The Morgan fingerprint density at radius 1 is 1.19 bits per heavy atom. The number of ether oxygens (including phenoxy) is 1. The molecule has 0 saturated carbocycles. The summed E-state index contributed by atoms with van der Waals surface area (Å²) in [6, 6.07) is 6.90. The van der Waals surface area contributed by atoms with Gasteiger partial charge in [0.15, 0.2) is 0 Å². The highest BCUT2D eigenvalue weighted by Gasteiger charge is 2.44. The Balaban J connectivity index is 2.08. The number of rotatable bonds is 0. The quantitative estimate of drug-likeness (QED) is 0.564. The summed E-state index contributed by atoms with van der Waals surface area (Å²) in [6.07, 6.45) is 4.73. The van der Waals surface area contributed by atoms with E-state index < -0.39 is 0 Å². The highest BCUT2D eigenvalue weighted by molar-refractivity contribution is 5.46. The molecule has 2 aliphatic rings. The van der Waals surface area contributed by atoms with Crippen molar-refractivity contribution in [3.05, 3.63) is 41.0 Å². The molecular weight excluding hydrogens is 256 g/mol. The summed E-state index contributed by atoms with van der Waals surface area (Å²) in [5.41, 5.74) is 4.39. The molecular formula is C20H28O. The minimum Gasteiger partial charge on any atom is -0.487 e. The summed E-state index contributed by atoms with van der Waals surface area (Å²) in [5, 5.41) is 0. The second kappa shape index (κ2) is 4.63. The summed E-state index contributed by atoms with van der Waals surface area (Å²) in [6.45, 7) is 13.6. The largest absolute Gasteiger partial charge is 0.487 e. The Hall–Kier alpha value is -1.24. The lowest BCUT2D eigenvalue weighted by Gasteiger charge is -2.47. The molecule has 1 nitrogen and oxygen atoms in total. The normalized spacial score (nSPS) is 27.2. The van der Waals surface area contributed by atoms with Crippen molar-refractivity contribution in [1.82, 2.24) is 0 Å². The summed E-state index contributed by atoms with van der Waals surface area (Å²) in [5.74, 6) is 2.32. The van der Waals surface area contributed by atoms with Gasteiger partial charge in [0.25, 0.3) is 0 Å². The lowest BCUT2D eigenvalue weighted by Crippen LogP contribution is -2.45. The predicted octanol–water partition coefficient (Wildman–Crippen LogP) is 5.60. The minimum atomic E-state index is -0.0780. The van der Waals surface area contributed by atoms with Crippen LogP contribution in [0.3, 0.4) is 0 Å². The van der Waals surface area contributed by atoms with Gasteiger partial charge in [0.05, 0.1) is 0 Å². The molecule has 0 fully saturated rings. The molecule has 21 heavy (non-hydrogen) atoms. The monoisotopic (exact) mass is 284 g/mol. The van der Waals surface area contributed by atoms with Crippen LogP contribution >= 0.6 is 0 Å². The fourth-order valence-corrected chi connectivity index (χ4v) is 3.91. The molecule has 0 radical (unpaired) electrons. The third-order valence-electron chi connectivity index (χ3n) is 5.29. The molecule has 0 saturated heterocycles. The Bertz CT molecular complexity index is 586. The molecule has 1 aromatic rings. The van der Waals surface area contributed by atoms with Gasteiger partial charge in [0.1, 0.15) is 11.4 Å². The fourth-order valence-electron chi connectivity index (χ4n) is 3.91. The van der Waals surface area contributed by atoms with Crippen molar-refractivity contribution < 1.29 is 4.74 Å². The maximum absolute atomic E-state index is 6.43. The van der Waals surface area contributed by atoms with Crippen molar-refractivity contribution in [3.63, 3.8) is 0 Å². The average molecular weight is 284 g/mol. The standard InChI is InChI=1S/C20H28O/c1-13-7-10-17-16(11-13)15-9-8-14(19(2,3)4)12-18(15)21-20(17,5)6/h7-9,12,16-17H,10-11H2,1-6H3/t16-,17?/m0/s1. The van der Waals surface area contributed by atoms with E-state index in [-0.39, 0.29) is 11.0 Å². The molecule has 0 bridgehead atoms. The smallest absolute Gasteiger partial charge is 0.123 e. The van der Waals surface area contributed by atoms with E-state index in [4.69, 9.17) is 4.74 Å². The Labute approximate surface area is 129 Å². The lowest BCUT2D eigenvalue weighted by atomic mass is 9.67. The molecule has 0 aromatic heterocycles. The first-order valence-corrected chi connectivity index (χ1v) is 8.17. The van der Waals surface area contributed by atoms with Gasteiger partial charge in [-0.2, -0.15) is 0 Å². The first kappa shape index (κ1) is 14.7. The summed E-state index contributed by atoms with van der Waals surface area (Å²) >= 11 is 0. The summed E-state index contributed by atoms with van der Waals surface area (Å²) in [7, 11) is 0. The number of fused-ring (bicyclic) bond motifs is 3. The van der Waals surface area contributed by atoms with Gasteiger partial charge in [0, 0.05) is 5.92 Å². The van der Waals surface area contributed by atoms with E-state index in [1.165, 1.54) is 23.1 Å². The molecule has 1 heterocycles. The van der Waals surface area contributed by atoms with Crippen LogP contribution in [0.1, 0.15) is 71.4 Å². The molecule has 1 unspecified atom stereocenters. The van der Waals surface area contributed by atoms with E-state index in [0.29, 0.717) is 11.8 Å². The van der Waals surface area contributed by atoms with Gasteiger partial charge in [-0.3, -0.25) is 0 Å². The molecule has 1 aliphatic heterocycles. The van der Waals surface area contributed by atoms with Crippen LogP contribution in [0.15, 0.2) is 29.8 Å². The van der Waals surface area contributed by atoms with Crippen LogP contribution in [0.25, 0.3) is 0 Å². The van der Waals surface area contributed by atoms with Crippen LogP contribution < -0.4 is 4.74 Å². The topological polar surface area (TPSA) is 9.23 Å². The second-order valence-corrected chi connectivity index (χ2v) is 8.41. The van der Waals surface area contributed by atoms with Crippen LogP contribution in [0.5, 0.6) is 5.75 Å². The fraction of sp³-hybridized carbons (Fsp3) is 0.600. The molecule has 1 heteroatoms. The van der Waals surface area contributed by atoms with Crippen LogP contribution in [0, 0.1) is 5.92 Å². The van der Waals surface area contributed by atoms with E-state index in [1.807, 2.05) is 0 Å². The van der Waals surface area contributed by atoms with Gasteiger partial charge in [0.2, 0.25) is 0 Å². The molecule has 114 valence electrons. The van der Waals surface area contributed by atoms with Crippen molar-refractivity contribution in [2.75, 3.05) is 0 Å². The Morgan fingerprint density at radius 2 is 1.90 bits per heavy atom. The van der Waals surface area contributed by atoms with Gasteiger partial charge in [-0.15, -0.1) is 0 Å². The molecule has 0 N–H and O–H groups in total. The maximum atomic E-state index is 6.43. The predicted molar refractivity (Wildman–Crippen MR) is 89.1 cm³/mol. The third kappa shape index (κ3) is 2.52. The zero-order valence-corrected chi connectivity index (χ0v) is 14.3. The SMILES string of the molecule is CC1=CCC2[C@@H](C1)c1ccc(C(C)(C)C)cc1OC2(C)C. The number of benzene rings is 1. The van der Waals surface area contributed by atoms with Crippen LogP contribution in [-0.4, -0.2) is 5.60 Å². The Kier molecular flexibility index (Phi) is 3.24. The van der Waals surface area contributed by atoms with Gasteiger partial charge in [-0.25, -0.2) is 0 Å². The molecule has 1 aliphatic carbocycles. The zero-order valence-electron chi connectivity index (χ0n) is 14.3. The van der Waals surface area contributed by atoms with Crippen LogP contribution in [0.2, 0.25) is 0 Å². The van der Waals surface area contributed by atoms with Crippen molar-refractivity contribution in [1.29, 1.82) is 0 Å². The minimum absolute atomic E-state index is 0.0780. The zero-order chi connectivity index (χ0) is 15.4. The highest BCUT2D eigenvalue weighted by atomic mass is 16.5. The molecule has 0 amide bonds. The number of allylic oxidation sites excluding steroid dienone is 2. The molecule has 1 aromatic carbocycles. The van der Waals surface area contributed by atoms with Crippen LogP contribution in [0.4, 0.5) is 0 Å². The van der Waals surface area contributed by atoms with E-state index in [0.717, 1.165) is 12.2 Å². The first-order chi connectivity index (χ1) is 9.68. The lowest BCUT2D eigenvalue weighted by molar-refractivity contribution is 0.00839. The second-order valence-electron chi connectivity index (χ2n) is 8.41. The molecule has 3 rings (SSSR count). The third-order valence-corrected chi connectivity index (χ3v) is 5.29. The van der Waals surface area contributed by atoms with E-state index in [9.17, 15) is 0 Å². The highest BCUT2D eigenvalue weighted by Crippen LogP contribution is 2.51. The van der Waals surface area contributed by atoms with Crippen molar-refractivity contribution in [2.45, 2.75) is 71.3 Å². The molecule has 2 atom stereocenters. The van der Waals surface area contributed by atoms with Gasteiger partial charge < -0.3 is 4.74 Å². The maximum Gasteiger partial charge on any atom is 0.123 e. The van der Waals surface area contributed by atoms with Gasteiger partial charge in [-0.05, 0) is 62.1 Å². The number of hydrogen-bond acceptors (Lipinski definition) is 1. The van der Waals surface area contributed by atoms with E-state index in [2.05, 4.69) is 65.8 Å². The average Bonchev–Trinajstić information content (AvgIpc) is 2.36.